The van der Waals surface area contributed by atoms with Crippen molar-refractivity contribution in [3.63, 3.8) is 0 Å². The molecule has 1 amide bonds. The van der Waals surface area contributed by atoms with Crippen molar-refractivity contribution in [2.75, 3.05) is 13.1 Å². The summed E-state index contributed by atoms with van der Waals surface area (Å²) in [5, 5.41) is 17.5. The maximum absolute atomic E-state index is 11.8. The van der Waals surface area contributed by atoms with E-state index >= 15 is 0 Å². The number of aliphatic hydroxyl groups excluding tert-OH is 1. The number of nitrogens with one attached hydrogen (secondary N) is 2. The van der Waals surface area contributed by atoms with E-state index in [0.29, 0.717) is 12.5 Å². The van der Waals surface area contributed by atoms with Crippen LogP contribution >= 0.6 is 11.3 Å². The van der Waals surface area contributed by atoms with Crippen molar-refractivity contribution in [3.8, 4) is 0 Å². The molecule has 1 fully saturated rings. The fourth-order valence-corrected chi connectivity index (χ4v) is 3.76. The molecule has 3 rings (SSSR count). The van der Waals surface area contributed by atoms with Gasteiger partial charge in [0.25, 0.3) is 0 Å². The Morgan fingerprint density at radius 1 is 1.48 bits per heavy atom. The van der Waals surface area contributed by atoms with Crippen LogP contribution in [0.15, 0.2) is 30.3 Å². The number of benzene rings is 1. The normalized spacial score (nSPS) is 19.8. The smallest absolute Gasteiger partial charge is 0.221 e. The Morgan fingerprint density at radius 3 is 3.10 bits per heavy atom. The van der Waals surface area contributed by atoms with Crippen molar-refractivity contribution < 1.29 is 9.90 Å². The van der Waals surface area contributed by atoms with Crippen LogP contribution in [0.1, 0.15) is 30.2 Å². The van der Waals surface area contributed by atoms with Gasteiger partial charge in [-0.3, -0.25) is 4.79 Å². The molecule has 21 heavy (non-hydrogen) atoms. The van der Waals surface area contributed by atoms with Crippen molar-refractivity contribution in [3.05, 3.63) is 35.2 Å². The molecule has 0 radical (unpaired) electrons. The van der Waals surface area contributed by atoms with Gasteiger partial charge in [0.15, 0.2) is 0 Å². The predicted molar refractivity (Wildman–Crippen MR) is 85.4 cm³/mol. The van der Waals surface area contributed by atoms with Crippen molar-refractivity contribution in [2.45, 2.75) is 31.4 Å². The van der Waals surface area contributed by atoms with Crippen LogP contribution in [0.2, 0.25) is 0 Å². The third kappa shape index (κ3) is 3.61. The number of fused-ring (bicyclic) bond motifs is 1. The number of rotatable bonds is 5. The number of hydrogen-bond acceptors (Lipinski definition) is 4. The monoisotopic (exact) mass is 304 g/mol. The topological polar surface area (TPSA) is 61.4 Å². The van der Waals surface area contributed by atoms with Crippen molar-refractivity contribution in [1.29, 1.82) is 0 Å². The summed E-state index contributed by atoms with van der Waals surface area (Å²) in [6.07, 6.45) is 2.07. The zero-order chi connectivity index (χ0) is 14.7. The third-order valence-electron chi connectivity index (χ3n) is 3.86. The largest absolute Gasteiger partial charge is 0.386 e. The summed E-state index contributed by atoms with van der Waals surface area (Å²) in [4.78, 5) is 12.7. The van der Waals surface area contributed by atoms with Gasteiger partial charge in [-0.15, -0.1) is 11.3 Å². The zero-order valence-electron chi connectivity index (χ0n) is 11.8. The van der Waals surface area contributed by atoms with E-state index in [1.54, 1.807) is 11.3 Å². The number of carbonyl (C=O) groups excluding carboxylic acids is 1. The number of amides is 1. The Labute approximate surface area is 128 Å². The minimum Gasteiger partial charge on any atom is -0.386 e. The summed E-state index contributed by atoms with van der Waals surface area (Å²) >= 11 is 1.58. The number of carbonyl (C=O) groups is 1. The Bertz CT molecular complexity index is 587. The van der Waals surface area contributed by atoms with E-state index in [-0.39, 0.29) is 12.5 Å². The molecule has 0 saturated carbocycles. The second-order valence-corrected chi connectivity index (χ2v) is 6.62. The van der Waals surface area contributed by atoms with Crippen LogP contribution in [0.25, 0.3) is 10.1 Å². The Kier molecular flexibility index (Phi) is 4.53. The standard InChI is InChI=1S/C16H20N2O2S/c19-13(10-18-16(20)9-12-5-3-7-17-12)15-8-11-4-1-2-6-14(11)21-15/h1-2,4,6,8,12-13,17,19H,3,5,7,9-10H2,(H,18,20). The highest BCUT2D eigenvalue weighted by atomic mass is 32.1. The Morgan fingerprint density at radius 2 is 2.33 bits per heavy atom. The predicted octanol–water partition coefficient (Wildman–Crippen LogP) is 2.19. The second-order valence-electron chi connectivity index (χ2n) is 5.50. The van der Waals surface area contributed by atoms with E-state index in [0.717, 1.165) is 34.3 Å². The molecule has 2 atom stereocenters. The maximum atomic E-state index is 11.8. The molecule has 5 heteroatoms. The number of hydrogen-bond donors (Lipinski definition) is 3. The lowest BCUT2D eigenvalue weighted by Crippen LogP contribution is -2.33. The lowest BCUT2D eigenvalue weighted by atomic mass is 10.1. The summed E-state index contributed by atoms with van der Waals surface area (Å²) in [6.45, 7) is 1.28. The molecule has 1 aliphatic heterocycles. The lowest BCUT2D eigenvalue weighted by Gasteiger charge is -2.13. The minimum atomic E-state index is -0.636. The zero-order valence-corrected chi connectivity index (χ0v) is 12.7. The highest BCUT2D eigenvalue weighted by Crippen LogP contribution is 2.29. The number of thiophene rings is 1. The number of aliphatic hydroxyl groups is 1. The third-order valence-corrected chi connectivity index (χ3v) is 5.08. The van der Waals surface area contributed by atoms with Crippen molar-refractivity contribution in [2.24, 2.45) is 0 Å². The first-order valence-electron chi connectivity index (χ1n) is 7.39. The molecule has 2 unspecified atom stereocenters. The van der Waals surface area contributed by atoms with Crippen LogP contribution in [0.3, 0.4) is 0 Å². The fraction of sp³-hybridized carbons (Fsp3) is 0.438. The van der Waals surface area contributed by atoms with Gasteiger partial charge in [0.1, 0.15) is 6.10 Å². The minimum absolute atomic E-state index is 0.00885. The highest BCUT2D eigenvalue weighted by Gasteiger charge is 2.18. The van der Waals surface area contributed by atoms with Gasteiger partial charge in [-0.2, -0.15) is 0 Å². The van der Waals surface area contributed by atoms with Crippen LogP contribution in [0, 0.1) is 0 Å². The van der Waals surface area contributed by atoms with Gasteiger partial charge in [-0.1, -0.05) is 18.2 Å². The van der Waals surface area contributed by atoms with Gasteiger partial charge >= 0.3 is 0 Å². The van der Waals surface area contributed by atoms with Crippen molar-refractivity contribution in [1.82, 2.24) is 10.6 Å². The SMILES string of the molecule is O=C(CC1CCCN1)NCC(O)c1cc2ccccc2s1. The fourth-order valence-electron chi connectivity index (χ4n) is 2.70. The maximum Gasteiger partial charge on any atom is 0.221 e. The molecule has 0 bridgehead atoms. The summed E-state index contributed by atoms with van der Waals surface area (Å²) in [7, 11) is 0. The molecule has 1 saturated heterocycles. The average molecular weight is 304 g/mol. The van der Waals surface area contributed by atoms with Gasteiger partial charge < -0.3 is 15.7 Å². The summed E-state index contributed by atoms with van der Waals surface area (Å²) in [5.74, 6) is 0.00885. The first kappa shape index (κ1) is 14.5. The van der Waals surface area contributed by atoms with Gasteiger partial charge in [0.2, 0.25) is 5.91 Å². The molecule has 112 valence electrons. The van der Waals surface area contributed by atoms with Gasteiger partial charge in [0.05, 0.1) is 0 Å². The van der Waals surface area contributed by atoms with E-state index < -0.39 is 6.10 Å². The van der Waals surface area contributed by atoms with Crippen LogP contribution in [0.5, 0.6) is 0 Å². The van der Waals surface area contributed by atoms with Gasteiger partial charge in [-0.25, -0.2) is 0 Å². The molecule has 1 aromatic carbocycles. The summed E-state index contributed by atoms with van der Waals surface area (Å²) < 4.78 is 1.16. The molecule has 0 aliphatic carbocycles. The van der Waals surface area contributed by atoms with Crippen LogP contribution < -0.4 is 10.6 Å². The first-order chi connectivity index (χ1) is 10.2. The van der Waals surface area contributed by atoms with E-state index in [4.69, 9.17) is 0 Å². The van der Waals surface area contributed by atoms with Crippen LogP contribution in [-0.2, 0) is 4.79 Å². The molecule has 3 N–H and O–H groups in total. The average Bonchev–Trinajstić information content (AvgIpc) is 3.13. The molecular formula is C16H20N2O2S. The first-order valence-corrected chi connectivity index (χ1v) is 8.20. The highest BCUT2D eigenvalue weighted by molar-refractivity contribution is 7.19. The molecule has 0 spiro atoms. The van der Waals surface area contributed by atoms with Gasteiger partial charge in [-0.05, 0) is 36.9 Å². The molecule has 2 heterocycles. The van der Waals surface area contributed by atoms with E-state index in [1.165, 1.54) is 0 Å². The van der Waals surface area contributed by atoms with Crippen molar-refractivity contribution >= 4 is 27.3 Å². The molecule has 2 aromatic rings. The van der Waals surface area contributed by atoms with Crippen LogP contribution in [-0.4, -0.2) is 30.1 Å². The Hall–Kier alpha value is -1.43. The van der Waals surface area contributed by atoms with Gasteiger partial charge in [0, 0.05) is 28.6 Å². The summed E-state index contributed by atoms with van der Waals surface area (Å²) in [5.41, 5.74) is 0. The van der Waals surface area contributed by atoms with Crippen LogP contribution in [0.4, 0.5) is 0 Å². The van der Waals surface area contributed by atoms with E-state index in [2.05, 4.69) is 10.6 Å². The molecule has 1 aliphatic rings. The second kappa shape index (κ2) is 6.56. The van der Waals surface area contributed by atoms with E-state index in [1.807, 2.05) is 30.3 Å². The quantitative estimate of drug-likeness (QED) is 0.793. The molecule has 1 aromatic heterocycles. The van der Waals surface area contributed by atoms with E-state index in [9.17, 15) is 9.90 Å². The Balaban J connectivity index is 1.53. The lowest BCUT2D eigenvalue weighted by molar-refractivity contribution is -0.122. The molecule has 4 nitrogen and oxygen atoms in total. The summed E-state index contributed by atoms with van der Waals surface area (Å²) in [6, 6.07) is 10.3. The molecular weight excluding hydrogens is 284 g/mol.